The van der Waals surface area contributed by atoms with Crippen molar-refractivity contribution >= 4 is 11.9 Å². The molecule has 4 nitrogen and oxygen atoms in total. The van der Waals surface area contributed by atoms with Gasteiger partial charge in [0.2, 0.25) is 0 Å². The molecule has 0 spiro atoms. The monoisotopic (exact) mass is 214 g/mol. The van der Waals surface area contributed by atoms with E-state index in [0.717, 1.165) is 25.7 Å². The Morgan fingerprint density at radius 1 is 1.33 bits per heavy atom. The van der Waals surface area contributed by atoms with Crippen LogP contribution >= 0.6 is 0 Å². The molecule has 0 saturated heterocycles. The fourth-order valence-corrected chi connectivity index (χ4v) is 1.93. The summed E-state index contributed by atoms with van der Waals surface area (Å²) in [5.41, 5.74) is -1.24. The second kappa shape index (κ2) is 5.14. The molecule has 1 N–H and O–H groups in total. The van der Waals surface area contributed by atoms with Crippen molar-refractivity contribution in [1.29, 1.82) is 0 Å². The van der Waals surface area contributed by atoms with Crippen LogP contribution in [0.5, 0.6) is 0 Å². The fourth-order valence-electron chi connectivity index (χ4n) is 1.93. The molecule has 0 heterocycles. The van der Waals surface area contributed by atoms with Crippen molar-refractivity contribution in [2.75, 3.05) is 6.61 Å². The summed E-state index contributed by atoms with van der Waals surface area (Å²) < 4.78 is 5.01. The van der Waals surface area contributed by atoms with Gasteiger partial charge < -0.3 is 9.84 Å². The lowest BCUT2D eigenvalue weighted by molar-refractivity contribution is -0.168. The minimum Gasteiger partial charge on any atom is -0.480 e. The molecule has 1 fully saturated rings. The first-order valence-corrected chi connectivity index (χ1v) is 5.54. The first-order chi connectivity index (χ1) is 7.13. The standard InChI is InChI=1S/C11H18O4/c1-2-3-8-15-10(14)11(9(12)13)6-4-5-7-11/h2-8H2,1H3,(H,12,13). The van der Waals surface area contributed by atoms with Crippen molar-refractivity contribution in [3.05, 3.63) is 0 Å². The van der Waals surface area contributed by atoms with Gasteiger partial charge in [-0.15, -0.1) is 0 Å². The maximum Gasteiger partial charge on any atom is 0.323 e. The second-order valence-electron chi connectivity index (χ2n) is 4.08. The largest absolute Gasteiger partial charge is 0.480 e. The van der Waals surface area contributed by atoms with Crippen LogP contribution in [0.2, 0.25) is 0 Å². The van der Waals surface area contributed by atoms with E-state index in [2.05, 4.69) is 0 Å². The number of hydrogen-bond acceptors (Lipinski definition) is 3. The highest BCUT2D eigenvalue weighted by Gasteiger charge is 2.49. The Balaban J connectivity index is 2.56. The van der Waals surface area contributed by atoms with E-state index in [-0.39, 0.29) is 0 Å². The van der Waals surface area contributed by atoms with E-state index in [4.69, 9.17) is 9.84 Å². The van der Waals surface area contributed by atoms with Gasteiger partial charge in [-0.25, -0.2) is 0 Å². The quantitative estimate of drug-likeness (QED) is 0.432. The van der Waals surface area contributed by atoms with Crippen LogP contribution in [-0.2, 0) is 14.3 Å². The number of unbranched alkanes of at least 4 members (excludes halogenated alkanes) is 1. The number of esters is 1. The number of hydrogen-bond donors (Lipinski definition) is 1. The maximum atomic E-state index is 11.7. The number of carbonyl (C=O) groups is 2. The van der Waals surface area contributed by atoms with Gasteiger partial charge >= 0.3 is 11.9 Å². The van der Waals surface area contributed by atoms with Crippen LogP contribution in [0.4, 0.5) is 0 Å². The Bertz CT molecular complexity index is 241. The zero-order chi connectivity index (χ0) is 11.3. The first kappa shape index (κ1) is 12.0. The molecule has 4 heteroatoms. The van der Waals surface area contributed by atoms with Crippen molar-refractivity contribution in [1.82, 2.24) is 0 Å². The highest BCUT2D eigenvalue weighted by atomic mass is 16.5. The fraction of sp³-hybridized carbons (Fsp3) is 0.818. The molecule has 15 heavy (non-hydrogen) atoms. The third-order valence-corrected chi connectivity index (χ3v) is 2.99. The highest BCUT2D eigenvalue weighted by molar-refractivity contribution is 5.99. The predicted octanol–water partition coefficient (Wildman–Crippen LogP) is 1.97. The van der Waals surface area contributed by atoms with E-state index in [1.165, 1.54) is 0 Å². The second-order valence-corrected chi connectivity index (χ2v) is 4.08. The summed E-state index contributed by atoms with van der Waals surface area (Å²) in [5, 5.41) is 9.09. The molecule has 0 aliphatic heterocycles. The summed E-state index contributed by atoms with van der Waals surface area (Å²) in [6.07, 6.45) is 4.18. The Hall–Kier alpha value is -1.06. The van der Waals surface area contributed by atoms with Gasteiger partial charge in [0, 0.05) is 0 Å². The maximum absolute atomic E-state index is 11.7. The van der Waals surface area contributed by atoms with E-state index < -0.39 is 17.4 Å². The lowest BCUT2D eigenvalue weighted by Crippen LogP contribution is -2.38. The molecule has 0 aromatic rings. The lowest BCUT2D eigenvalue weighted by atomic mass is 9.86. The summed E-state index contributed by atoms with van der Waals surface area (Å²) in [4.78, 5) is 22.8. The molecule has 1 aliphatic carbocycles. The van der Waals surface area contributed by atoms with Gasteiger partial charge in [-0.1, -0.05) is 26.2 Å². The average molecular weight is 214 g/mol. The topological polar surface area (TPSA) is 63.6 Å². The van der Waals surface area contributed by atoms with Crippen molar-refractivity contribution in [2.45, 2.75) is 45.4 Å². The number of carboxylic acid groups (broad SMARTS) is 1. The van der Waals surface area contributed by atoms with Gasteiger partial charge in [-0.05, 0) is 19.3 Å². The zero-order valence-corrected chi connectivity index (χ0v) is 9.12. The molecule has 0 radical (unpaired) electrons. The summed E-state index contributed by atoms with van der Waals surface area (Å²) >= 11 is 0. The Labute approximate surface area is 89.6 Å². The van der Waals surface area contributed by atoms with E-state index >= 15 is 0 Å². The Morgan fingerprint density at radius 3 is 2.40 bits per heavy atom. The molecule has 0 bridgehead atoms. The molecule has 0 atom stereocenters. The zero-order valence-electron chi connectivity index (χ0n) is 9.12. The summed E-state index contributed by atoms with van der Waals surface area (Å²) in [6, 6.07) is 0. The first-order valence-electron chi connectivity index (χ1n) is 5.54. The third kappa shape index (κ3) is 2.49. The van der Waals surface area contributed by atoms with Gasteiger partial charge in [0.05, 0.1) is 6.61 Å². The van der Waals surface area contributed by atoms with Crippen LogP contribution in [0.15, 0.2) is 0 Å². The third-order valence-electron chi connectivity index (χ3n) is 2.99. The Morgan fingerprint density at radius 2 is 1.93 bits per heavy atom. The minimum atomic E-state index is -1.24. The minimum absolute atomic E-state index is 0.338. The van der Waals surface area contributed by atoms with Crippen molar-refractivity contribution in [2.24, 2.45) is 5.41 Å². The van der Waals surface area contributed by atoms with Crippen molar-refractivity contribution < 1.29 is 19.4 Å². The molecular weight excluding hydrogens is 196 g/mol. The SMILES string of the molecule is CCCCOC(=O)C1(C(=O)O)CCCC1. The lowest BCUT2D eigenvalue weighted by Gasteiger charge is -2.21. The summed E-state index contributed by atoms with van der Waals surface area (Å²) in [6.45, 7) is 2.33. The van der Waals surface area contributed by atoms with Crippen LogP contribution in [-0.4, -0.2) is 23.7 Å². The number of aliphatic carboxylic acids is 1. The molecule has 0 aromatic heterocycles. The van der Waals surface area contributed by atoms with Gasteiger partial charge in [-0.3, -0.25) is 9.59 Å². The van der Waals surface area contributed by atoms with E-state index in [1.54, 1.807) is 0 Å². The highest BCUT2D eigenvalue weighted by Crippen LogP contribution is 2.39. The summed E-state index contributed by atoms with van der Waals surface area (Å²) in [5.74, 6) is -1.57. The molecule has 1 aliphatic rings. The van der Waals surface area contributed by atoms with Gasteiger partial charge in [-0.2, -0.15) is 0 Å². The van der Waals surface area contributed by atoms with Gasteiger partial charge in [0.25, 0.3) is 0 Å². The van der Waals surface area contributed by atoms with E-state index in [0.29, 0.717) is 19.4 Å². The molecule has 86 valence electrons. The van der Waals surface area contributed by atoms with Crippen LogP contribution < -0.4 is 0 Å². The number of carboxylic acids is 1. The summed E-state index contributed by atoms with van der Waals surface area (Å²) in [7, 11) is 0. The van der Waals surface area contributed by atoms with Gasteiger partial charge in [0.15, 0.2) is 5.41 Å². The van der Waals surface area contributed by atoms with Crippen LogP contribution in [0.1, 0.15) is 45.4 Å². The normalized spacial score (nSPS) is 18.7. The average Bonchev–Trinajstić information content (AvgIpc) is 2.67. The molecular formula is C11H18O4. The number of ether oxygens (including phenoxy) is 1. The van der Waals surface area contributed by atoms with Crippen molar-refractivity contribution in [3.63, 3.8) is 0 Å². The van der Waals surface area contributed by atoms with Crippen molar-refractivity contribution in [3.8, 4) is 0 Å². The smallest absolute Gasteiger partial charge is 0.323 e. The molecule has 1 rings (SSSR count). The number of carbonyl (C=O) groups excluding carboxylic acids is 1. The molecule has 1 saturated carbocycles. The molecule has 0 amide bonds. The number of rotatable bonds is 5. The molecule has 0 unspecified atom stereocenters. The Kier molecular flexibility index (Phi) is 4.12. The molecule has 0 aromatic carbocycles. The van der Waals surface area contributed by atoms with E-state index in [1.807, 2.05) is 6.92 Å². The van der Waals surface area contributed by atoms with Crippen LogP contribution in [0, 0.1) is 5.41 Å². The predicted molar refractivity (Wildman–Crippen MR) is 54.4 cm³/mol. The van der Waals surface area contributed by atoms with Crippen LogP contribution in [0.3, 0.4) is 0 Å². The van der Waals surface area contributed by atoms with E-state index in [9.17, 15) is 9.59 Å². The van der Waals surface area contributed by atoms with Gasteiger partial charge in [0.1, 0.15) is 0 Å². The van der Waals surface area contributed by atoms with Crippen LogP contribution in [0.25, 0.3) is 0 Å².